The number of nitrogens with two attached hydrogens (primary N) is 1. The Hall–Kier alpha value is -1.68. The summed E-state index contributed by atoms with van der Waals surface area (Å²) in [5.74, 6) is 0.628. The minimum absolute atomic E-state index is 0. The normalized spacial score (nSPS) is 12.3. The smallest absolute Gasteiger partial charge is 0.242 e. The number of aryl methyl sites for hydroxylation is 2. The van der Waals surface area contributed by atoms with Crippen LogP contribution >= 0.6 is 12.4 Å². The molecule has 0 atom stereocenters. The molecule has 0 radical (unpaired) electrons. The fraction of sp³-hybridized carbons (Fsp3) is 0.529. The van der Waals surface area contributed by atoms with E-state index in [1.54, 1.807) is 18.2 Å². The Bertz CT molecular complexity index is 922. The SMILES string of the molecule is CN(C)S(=O)(=O)c1ccc2c(c1)nc(CCC(=O)NC(C)(C)CN)n2C.Cl. The number of hydrogen-bond acceptors (Lipinski definition) is 5. The van der Waals surface area contributed by atoms with Gasteiger partial charge in [-0.05, 0) is 32.0 Å². The molecule has 2 rings (SSSR count). The number of imidazole rings is 1. The second-order valence-electron chi connectivity index (χ2n) is 7.16. The second kappa shape index (κ2) is 8.55. The number of fused-ring (bicyclic) bond motifs is 1. The molecule has 1 aromatic heterocycles. The maximum absolute atomic E-state index is 12.3. The summed E-state index contributed by atoms with van der Waals surface area (Å²) in [6.07, 6.45) is 0.733. The molecule has 8 nitrogen and oxygen atoms in total. The number of hydrogen-bond donors (Lipinski definition) is 2. The Balaban J connectivity index is 0.00000364. The highest BCUT2D eigenvalue weighted by atomic mass is 35.5. The minimum atomic E-state index is -3.51. The molecule has 0 bridgehead atoms. The molecule has 2 aromatic rings. The van der Waals surface area contributed by atoms with Gasteiger partial charge in [0.05, 0.1) is 15.9 Å². The molecule has 0 saturated heterocycles. The Kier molecular flexibility index (Phi) is 7.40. The van der Waals surface area contributed by atoms with Crippen LogP contribution in [0.15, 0.2) is 23.1 Å². The molecule has 1 amide bonds. The third-order valence-corrected chi connectivity index (χ3v) is 6.10. The van der Waals surface area contributed by atoms with Crippen LogP contribution in [-0.4, -0.2) is 54.4 Å². The average molecular weight is 418 g/mol. The van der Waals surface area contributed by atoms with Crippen molar-refractivity contribution in [3.05, 3.63) is 24.0 Å². The predicted octanol–water partition coefficient (Wildman–Crippen LogP) is 1.03. The Labute approximate surface area is 166 Å². The van der Waals surface area contributed by atoms with E-state index in [9.17, 15) is 13.2 Å². The van der Waals surface area contributed by atoms with E-state index in [1.165, 1.54) is 18.4 Å². The molecule has 0 aliphatic rings. The standard InChI is InChI=1S/C17H27N5O3S.ClH/c1-17(2,11-18)20-16(23)9-8-15-19-13-10-12(26(24,25)21(3)4)6-7-14(13)22(15)5;/h6-7,10H,8-9,11,18H2,1-5H3,(H,20,23);1H. The monoisotopic (exact) mass is 417 g/mol. The number of sulfonamides is 1. The number of nitrogens with one attached hydrogen (secondary N) is 1. The highest BCUT2D eigenvalue weighted by Gasteiger charge is 2.20. The molecule has 10 heteroatoms. The van der Waals surface area contributed by atoms with Crippen LogP contribution in [0.4, 0.5) is 0 Å². The van der Waals surface area contributed by atoms with Gasteiger partial charge in [-0.2, -0.15) is 0 Å². The number of benzene rings is 1. The van der Waals surface area contributed by atoms with Crippen LogP contribution in [0, 0.1) is 0 Å². The van der Waals surface area contributed by atoms with Crippen LogP contribution in [0.2, 0.25) is 0 Å². The second-order valence-corrected chi connectivity index (χ2v) is 9.31. The van der Waals surface area contributed by atoms with Crippen LogP contribution in [0.25, 0.3) is 11.0 Å². The molecule has 0 fully saturated rings. The lowest BCUT2D eigenvalue weighted by atomic mass is 10.1. The lowest BCUT2D eigenvalue weighted by molar-refractivity contribution is -0.122. The van der Waals surface area contributed by atoms with E-state index >= 15 is 0 Å². The van der Waals surface area contributed by atoms with Crippen molar-refractivity contribution in [1.29, 1.82) is 0 Å². The molecule has 1 aromatic carbocycles. The fourth-order valence-electron chi connectivity index (χ4n) is 2.54. The summed E-state index contributed by atoms with van der Waals surface area (Å²) < 4.78 is 27.6. The van der Waals surface area contributed by atoms with Gasteiger partial charge in [-0.3, -0.25) is 4.79 Å². The summed E-state index contributed by atoms with van der Waals surface area (Å²) in [7, 11) is 1.32. The van der Waals surface area contributed by atoms with Crippen molar-refractivity contribution < 1.29 is 13.2 Å². The lowest BCUT2D eigenvalue weighted by Gasteiger charge is -2.24. The van der Waals surface area contributed by atoms with Crippen molar-refractivity contribution in [2.75, 3.05) is 20.6 Å². The summed E-state index contributed by atoms with van der Waals surface area (Å²) in [5, 5.41) is 2.89. The van der Waals surface area contributed by atoms with Crippen LogP contribution in [0.3, 0.4) is 0 Å². The average Bonchev–Trinajstić information content (AvgIpc) is 2.88. The summed E-state index contributed by atoms with van der Waals surface area (Å²) in [6, 6.07) is 4.87. The Morgan fingerprint density at radius 2 is 1.96 bits per heavy atom. The molecule has 1 heterocycles. The van der Waals surface area contributed by atoms with Gasteiger partial charge in [0.2, 0.25) is 15.9 Å². The zero-order valence-electron chi connectivity index (χ0n) is 16.3. The highest BCUT2D eigenvalue weighted by molar-refractivity contribution is 7.89. The van der Waals surface area contributed by atoms with Crippen molar-refractivity contribution in [3.8, 4) is 0 Å². The van der Waals surface area contributed by atoms with Gasteiger partial charge >= 0.3 is 0 Å². The first-order chi connectivity index (χ1) is 12.0. The van der Waals surface area contributed by atoms with Crippen molar-refractivity contribution in [3.63, 3.8) is 0 Å². The molecule has 0 spiro atoms. The number of nitrogens with zero attached hydrogens (tertiary/aromatic N) is 3. The lowest BCUT2D eigenvalue weighted by Crippen LogP contribution is -2.48. The molecule has 0 aliphatic heterocycles. The topological polar surface area (TPSA) is 110 Å². The number of carbonyl (C=O) groups is 1. The fourth-order valence-corrected chi connectivity index (χ4v) is 3.46. The van der Waals surface area contributed by atoms with Gasteiger partial charge in [0.15, 0.2) is 0 Å². The molecule has 0 saturated carbocycles. The van der Waals surface area contributed by atoms with Gasteiger partial charge in [0.1, 0.15) is 5.82 Å². The van der Waals surface area contributed by atoms with E-state index in [2.05, 4.69) is 10.3 Å². The van der Waals surface area contributed by atoms with Gasteiger partial charge in [0.25, 0.3) is 0 Å². The predicted molar refractivity (Wildman–Crippen MR) is 108 cm³/mol. The van der Waals surface area contributed by atoms with Gasteiger partial charge in [-0.1, -0.05) is 0 Å². The minimum Gasteiger partial charge on any atom is -0.350 e. The van der Waals surface area contributed by atoms with Gasteiger partial charge in [0, 0.05) is 46.1 Å². The van der Waals surface area contributed by atoms with Crippen molar-refractivity contribution in [1.82, 2.24) is 19.2 Å². The summed E-state index contributed by atoms with van der Waals surface area (Å²) >= 11 is 0. The van der Waals surface area contributed by atoms with Gasteiger partial charge in [-0.15, -0.1) is 12.4 Å². The number of carbonyl (C=O) groups excluding carboxylic acids is 1. The Morgan fingerprint density at radius 1 is 1.33 bits per heavy atom. The van der Waals surface area contributed by atoms with Crippen LogP contribution < -0.4 is 11.1 Å². The zero-order valence-corrected chi connectivity index (χ0v) is 17.9. The van der Waals surface area contributed by atoms with E-state index in [1.807, 2.05) is 25.5 Å². The molecule has 152 valence electrons. The van der Waals surface area contributed by atoms with E-state index in [4.69, 9.17) is 5.73 Å². The van der Waals surface area contributed by atoms with Crippen LogP contribution in [0.5, 0.6) is 0 Å². The van der Waals surface area contributed by atoms with E-state index in [0.717, 1.165) is 11.3 Å². The number of halogens is 1. The maximum atomic E-state index is 12.3. The molecular formula is C17H28ClN5O3S. The van der Waals surface area contributed by atoms with E-state index in [-0.39, 0.29) is 29.6 Å². The van der Waals surface area contributed by atoms with E-state index < -0.39 is 15.6 Å². The van der Waals surface area contributed by atoms with E-state index in [0.29, 0.717) is 18.5 Å². The first-order valence-corrected chi connectivity index (χ1v) is 9.81. The molecule has 27 heavy (non-hydrogen) atoms. The number of amides is 1. The van der Waals surface area contributed by atoms with Crippen molar-refractivity contribution >= 4 is 39.4 Å². The molecule has 0 aliphatic carbocycles. The van der Waals surface area contributed by atoms with Crippen LogP contribution in [0.1, 0.15) is 26.1 Å². The maximum Gasteiger partial charge on any atom is 0.242 e. The summed E-state index contributed by atoms with van der Waals surface area (Å²) in [6.45, 7) is 4.09. The number of rotatable bonds is 7. The quantitative estimate of drug-likeness (QED) is 0.699. The van der Waals surface area contributed by atoms with Crippen LogP contribution in [-0.2, 0) is 28.3 Å². The molecular weight excluding hydrogens is 390 g/mol. The largest absolute Gasteiger partial charge is 0.350 e. The zero-order chi connectivity index (χ0) is 19.7. The summed E-state index contributed by atoms with van der Waals surface area (Å²) in [5.41, 5.74) is 6.59. The van der Waals surface area contributed by atoms with Crippen molar-refractivity contribution in [2.45, 2.75) is 37.1 Å². The third kappa shape index (κ3) is 5.19. The molecule has 3 N–H and O–H groups in total. The molecule has 0 unspecified atom stereocenters. The third-order valence-electron chi connectivity index (χ3n) is 4.29. The summed E-state index contributed by atoms with van der Waals surface area (Å²) in [4.78, 5) is 16.8. The van der Waals surface area contributed by atoms with Gasteiger partial charge < -0.3 is 15.6 Å². The first-order valence-electron chi connectivity index (χ1n) is 8.37. The first kappa shape index (κ1) is 23.4. The Morgan fingerprint density at radius 3 is 2.52 bits per heavy atom. The van der Waals surface area contributed by atoms with Crippen molar-refractivity contribution in [2.24, 2.45) is 12.8 Å². The van der Waals surface area contributed by atoms with Gasteiger partial charge in [-0.25, -0.2) is 17.7 Å². The number of aromatic nitrogens is 2. The highest BCUT2D eigenvalue weighted by Crippen LogP contribution is 2.21.